The summed E-state index contributed by atoms with van der Waals surface area (Å²) in [6.45, 7) is 12.7. The number of methoxy groups -OCH3 is 1. The minimum Gasteiger partial charge on any atom is -0.469 e. The van der Waals surface area contributed by atoms with Crippen molar-refractivity contribution in [2.75, 3.05) is 32.1 Å². The molecule has 2 aromatic rings. The molecule has 2 aromatic heterocycles. The maximum atomic E-state index is 13.9. The van der Waals surface area contributed by atoms with Crippen molar-refractivity contribution in [2.24, 2.45) is 11.8 Å². The van der Waals surface area contributed by atoms with Gasteiger partial charge in [-0.2, -0.15) is 11.3 Å². The molecular formula is C25H37N5O3S. The van der Waals surface area contributed by atoms with Gasteiger partial charge in [-0.25, -0.2) is 9.97 Å². The molecular weight excluding hydrogens is 450 g/mol. The van der Waals surface area contributed by atoms with Crippen molar-refractivity contribution in [1.29, 1.82) is 0 Å². The van der Waals surface area contributed by atoms with Crippen molar-refractivity contribution in [2.45, 2.75) is 59.0 Å². The Kier molecular flexibility index (Phi) is 8.65. The Morgan fingerprint density at radius 1 is 1.32 bits per heavy atom. The second-order valence-corrected chi connectivity index (χ2v) is 11.1. The van der Waals surface area contributed by atoms with Gasteiger partial charge in [0.05, 0.1) is 13.0 Å². The predicted octanol–water partition coefficient (Wildman–Crippen LogP) is 3.70. The van der Waals surface area contributed by atoms with Crippen molar-refractivity contribution in [3.05, 3.63) is 40.0 Å². The number of nitrogens with zero attached hydrogens (tertiary/aromatic N) is 3. The molecule has 3 rings (SSSR count). The quantitative estimate of drug-likeness (QED) is 0.548. The van der Waals surface area contributed by atoms with E-state index in [0.29, 0.717) is 49.8 Å². The van der Waals surface area contributed by atoms with Gasteiger partial charge in [-0.05, 0) is 34.7 Å². The molecule has 1 amide bonds. The fourth-order valence-electron chi connectivity index (χ4n) is 4.06. The molecule has 1 aliphatic heterocycles. The van der Waals surface area contributed by atoms with E-state index in [0.717, 1.165) is 5.56 Å². The highest BCUT2D eigenvalue weighted by atomic mass is 32.1. The van der Waals surface area contributed by atoms with Crippen molar-refractivity contribution >= 4 is 29.0 Å². The summed E-state index contributed by atoms with van der Waals surface area (Å²) in [7, 11) is 1.41. The molecule has 1 aliphatic rings. The lowest BCUT2D eigenvalue weighted by molar-refractivity contribution is -0.146. The van der Waals surface area contributed by atoms with Crippen molar-refractivity contribution < 1.29 is 14.3 Å². The van der Waals surface area contributed by atoms with Gasteiger partial charge in [0.2, 0.25) is 0 Å². The SMILES string of the molecule is COC(=O)C1CNC[C@@H](N(CC(C)C)C(=O)c2cnc(C(C)(C)C)nc2NCc2ccsc2)C1. The summed E-state index contributed by atoms with van der Waals surface area (Å²) < 4.78 is 4.96. The molecule has 1 saturated heterocycles. The van der Waals surface area contributed by atoms with E-state index in [-0.39, 0.29) is 35.2 Å². The van der Waals surface area contributed by atoms with Gasteiger partial charge in [0.1, 0.15) is 17.2 Å². The van der Waals surface area contributed by atoms with E-state index in [1.54, 1.807) is 17.5 Å². The van der Waals surface area contributed by atoms with Crippen LogP contribution in [0.2, 0.25) is 0 Å². The summed E-state index contributed by atoms with van der Waals surface area (Å²) in [4.78, 5) is 37.3. The number of rotatable bonds is 8. The Balaban J connectivity index is 1.93. The van der Waals surface area contributed by atoms with Crippen LogP contribution in [-0.2, 0) is 21.5 Å². The molecule has 1 fully saturated rings. The fourth-order valence-corrected chi connectivity index (χ4v) is 4.73. The summed E-state index contributed by atoms with van der Waals surface area (Å²) >= 11 is 1.63. The van der Waals surface area contributed by atoms with Crippen LogP contribution in [0.1, 0.15) is 62.8 Å². The largest absolute Gasteiger partial charge is 0.469 e. The molecule has 9 heteroatoms. The topological polar surface area (TPSA) is 96.5 Å². The maximum Gasteiger partial charge on any atom is 0.310 e. The lowest BCUT2D eigenvalue weighted by Gasteiger charge is -2.38. The van der Waals surface area contributed by atoms with Crippen LogP contribution in [-0.4, -0.2) is 59.5 Å². The Morgan fingerprint density at radius 3 is 2.71 bits per heavy atom. The van der Waals surface area contributed by atoms with E-state index in [4.69, 9.17) is 9.72 Å². The van der Waals surface area contributed by atoms with Gasteiger partial charge in [-0.15, -0.1) is 0 Å². The van der Waals surface area contributed by atoms with Crippen LogP contribution in [0.4, 0.5) is 5.82 Å². The van der Waals surface area contributed by atoms with Gasteiger partial charge in [0.25, 0.3) is 5.91 Å². The number of hydrogen-bond acceptors (Lipinski definition) is 8. The number of aromatic nitrogens is 2. The third-order valence-corrected chi connectivity index (χ3v) is 6.59. The van der Waals surface area contributed by atoms with Crippen LogP contribution in [0.5, 0.6) is 0 Å². The number of hydrogen-bond donors (Lipinski definition) is 2. The van der Waals surface area contributed by atoms with Crippen LogP contribution >= 0.6 is 11.3 Å². The molecule has 34 heavy (non-hydrogen) atoms. The van der Waals surface area contributed by atoms with E-state index in [9.17, 15) is 9.59 Å². The standard InChI is InChI=1S/C25H37N5O3S/c1-16(2)14-30(19-9-18(11-26-12-19)23(32)33-6)22(31)20-13-28-24(25(3,4)5)29-21(20)27-10-17-7-8-34-15-17/h7-8,13,15-16,18-19,26H,9-12,14H2,1-6H3,(H,27,28,29)/t18?,19-/m0/s1. The molecule has 0 aliphatic carbocycles. The number of anilines is 1. The van der Waals surface area contributed by atoms with E-state index in [1.165, 1.54) is 7.11 Å². The Morgan fingerprint density at radius 2 is 2.09 bits per heavy atom. The second-order valence-electron chi connectivity index (χ2n) is 10.3. The number of ether oxygens (including phenoxy) is 1. The molecule has 0 saturated carbocycles. The van der Waals surface area contributed by atoms with Crippen molar-refractivity contribution in [3.63, 3.8) is 0 Å². The smallest absolute Gasteiger partial charge is 0.310 e. The lowest BCUT2D eigenvalue weighted by Crippen LogP contribution is -2.53. The molecule has 1 unspecified atom stereocenters. The van der Waals surface area contributed by atoms with Gasteiger partial charge in [-0.1, -0.05) is 34.6 Å². The predicted molar refractivity (Wildman–Crippen MR) is 135 cm³/mol. The van der Waals surface area contributed by atoms with E-state index in [2.05, 4.69) is 61.7 Å². The zero-order valence-electron chi connectivity index (χ0n) is 21.1. The molecule has 0 radical (unpaired) electrons. The Hall–Kier alpha value is -2.52. The van der Waals surface area contributed by atoms with E-state index in [1.807, 2.05) is 10.3 Å². The summed E-state index contributed by atoms with van der Waals surface area (Å²) in [5.41, 5.74) is 1.33. The Bertz CT molecular complexity index is 971. The molecule has 3 heterocycles. The van der Waals surface area contributed by atoms with Gasteiger partial charge in [-0.3, -0.25) is 9.59 Å². The van der Waals surface area contributed by atoms with E-state index >= 15 is 0 Å². The van der Waals surface area contributed by atoms with Crippen LogP contribution in [0.3, 0.4) is 0 Å². The number of piperidine rings is 1. The summed E-state index contributed by atoms with van der Waals surface area (Å²) in [5, 5.41) is 10.8. The average Bonchev–Trinajstić information content (AvgIpc) is 3.33. The van der Waals surface area contributed by atoms with Crippen LogP contribution in [0.15, 0.2) is 23.0 Å². The normalized spacial score (nSPS) is 18.6. The minimum atomic E-state index is -0.276. The molecule has 2 atom stereocenters. The molecule has 2 N–H and O–H groups in total. The van der Waals surface area contributed by atoms with Gasteiger partial charge in [0, 0.05) is 43.8 Å². The highest BCUT2D eigenvalue weighted by Crippen LogP contribution is 2.26. The number of amides is 1. The fraction of sp³-hybridized carbons (Fsp3) is 0.600. The van der Waals surface area contributed by atoms with Crippen molar-refractivity contribution in [1.82, 2.24) is 20.2 Å². The summed E-state index contributed by atoms with van der Waals surface area (Å²) in [5.74, 6) is 0.835. The lowest BCUT2D eigenvalue weighted by atomic mass is 9.93. The molecule has 0 aromatic carbocycles. The highest BCUT2D eigenvalue weighted by Gasteiger charge is 2.35. The third-order valence-electron chi connectivity index (χ3n) is 5.86. The molecule has 186 valence electrons. The van der Waals surface area contributed by atoms with Gasteiger partial charge >= 0.3 is 5.97 Å². The molecule has 0 bridgehead atoms. The van der Waals surface area contributed by atoms with Crippen LogP contribution in [0.25, 0.3) is 0 Å². The number of carbonyl (C=O) groups excluding carboxylic acids is 2. The first kappa shape index (κ1) is 26.1. The highest BCUT2D eigenvalue weighted by molar-refractivity contribution is 7.07. The molecule has 0 spiro atoms. The first-order chi connectivity index (χ1) is 16.1. The number of thiophene rings is 1. The van der Waals surface area contributed by atoms with Crippen LogP contribution < -0.4 is 10.6 Å². The zero-order chi connectivity index (χ0) is 24.9. The zero-order valence-corrected chi connectivity index (χ0v) is 21.9. The average molecular weight is 488 g/mol. The van der Waals surface area contributed by atoms with Crippen molar-refractivity contribution in [3.8, 4) is 0 Å². The van der Waals surface area contributed by atoms with Gasteiger partial charge < -0.3 is 20.3 Å². The number of carbonyl (C=O) groups is 2. The first-order valence-electron chi connectivity index (χ1n) is 11.8. The Labute approximate surface area is 206 Å². The maximum absolute atomic E-state index is 13.9. The van der Waals surface area contributed by atoms with Gasteiger partial charge in [0.15, 0.2) is 0 Å². The monoisotopic (exact) mass is 487 g/mol. The summed E-state index contributed by atoms with van der Waals surface area (Å²) in [6.07, 6.45) is 2.21. The number of nitrogens with one attached hydrogen (secondary N) is 2. The van der Waals surface area contributed by atoms with Crippen LogP contribution in [0, 0.1) is 11.8 Å². The third kappa shape index (κ3) is 6.54. The first-order valence-corrected chi connectivity index (χ1v) is 12.8. The summed E-state index contributed by atoms with van der Waals surface area (Å²) in [6, 6.07) is 1.93. The molecule has 8 nitrogen and oxygen atoms in total. The number of esters is 1. The van der Waals surface area contributed by atoms with E-state index < -0.39 is 0 Å². The minimum absolute atomic E-state index is 0.125. The second kappa shape index (κ2) is 11.3.